The summed E-state index contributed by atoms with van der Waals surface area (Å²) >= 11 is 0. The van der Waals surface area contributed by atoms with Crippen molar-refractivity contribution in [3.05, 3.63) is 35.9 Å². The number of ether oxygens (including phenoxy) is 4. The molecule has 0 aliphatic carbocycles. The highest BCUT2D eigenvalue weighted by Gasteiger charge is 2.21. The summed E-state index contributed by atoms with van der Waals surface area (Å²) < 4.78 is 55.0. The first kappa shape index (κ1) is 28.4. The molecule has 194 valence electrons. The van der Waals surface area contributed by atoms with Gasteiger partial charge in [0, 0.05) is 22.6 Å². The lowest BCUT2D eigenvalue weighted by Gasteiger charge is -2.25. The van der Waals surface area contributed by atoms with Crippen molar-refractivity contribution in [3.63, 3.8) is 0 Å². The minimum absolute atomic E-state index is 0.585. The van der Waals surface area contributed by atoms with E-state index < -0.39 is 10.4 Å². The van der Waals surface area contributed by atoms with Crippen molar-refractivity contribution in [2.24, 2.45) is 0 Å². The molecule has 35 heavy (non-hydrogen) atoms. The van der Waals surface area contributed by atoms with Crippen LogP contribution >= 0.6 is 0 Å². The number of likely N-dealkylation sites (N-methyl/N-ethyl adjacent to an activating group) is 1. The van der Waals surface area contributed by atoms with Gasteiger partial charge >= 0.3 is 0 Å². The van der Waals surface area contributed by atoms with Crippen LogP contribution in [-0.4, -0.2) is 80.2 Å². The molecule has 0 atom stereocenters. The van der Waals surface area contributed by atoms with E-state index in [0.29, 0.717) is 6.61 Å². The van der Waals surface area contributed by atoms with Gasteiger partial charge in [-0.3, -0.25) is 4.18 Å². The number of methoxy groups -OCH3 is 3. The zero-order valence-corrected chi connectivity index (χ0v) is 22.4. The largest absolute Gasteiger partial charge is 0.726 e. The Bertz CT molecular complexity index is 1270. The zero-order valence-electron chi connectivity index (χ0n) is 21.6. The Hall–Kier alpha value is -2.79. The number of hydrogen-bond donors (Lipinski definition) is 0. The predicted molar refractivity (Wildman–Crippen MR) is 136 cm³/mol. The second kappa shape index (κ2) is 11.8. The molecule has 0 aliphatic heterocycles. The van der Waals surface area contributed by atoms with E-state index in [2.05, 4.69) is 49.6 Å². The molecule has 0 amide bonds. The van der Waals surface area contributed by atoms with E-state index in [9.17, 15) is 13.0 Å². The maximum absolute atomic E-state index is 9.22. The number of nitrogens with zero attached hydrogens (tertiary/aromatic N) is 1. The first-order valence-electron chi connectivity index (χ1n) is 11.0. The average molecular weight is 510 g/mol. The summed E-state index contributed by atoms with van der Waals surface area (Å²) in [4.78, 5) is 0. The van der Waals surface area contributed by atoms with Crippen molar-refractivity contribution < 1.29 is 40.6 Å². The van der Waals surface area contributed by atoms with Crippen LogP contribution in [0.25, 0.3) is 21.5 Å². The minimum atomic E-state index is -4.41. The van der Waals surface area contributed by atoms with E-state index in [4.69, 9.17) is 18.9 Å². The molecule has 3 aromatic rings. The van der Waals surface area contributed by atoms with E-state index in [0.717, 1.165) is 69.1 Å². The smallest absolute Gasteiger partial charge is 0.217 e. The number of rotatable bonds is 9. The topological polar surface area (TPSA) is 103 Å². The van der Waals surface area contributed by atoms with Gasteiger partial charge in [-0.05, 0) is 36.1 Å². The first-order valence-corrected chi connectivity index (χ1v) is 12.4. The number of benzene rings is 3. The lowest BCUT2D eigenvalue weighted by molar-refractivity contribution is -0.870. The summed E-state index contributed by atoms with van der Waals surface area (Å²) in [6.45, 7) is 3.57. The van der Waals surface area contributed by atoms with Crippen molar-refractivity contribution in [2.75, 3.05) is 62.7 Å². The molecule has 10 heteroatoms. The predicted octanol–water partition coefficient (Wildman–Crippen LogP) is 3.76. The summed E-state index contributed by atoms with van der Waals surface area (Å²) in [5, 5.41) is 4.30. The second-order valence-electron chi connectivity index (χ2n) is 8.73. The van der Waals surface area contributed by atoms with E-state index in [1.165, 1.54) is 5.56 Å². The lowest BCUT2D eigenvalue weighted by atomic mass is 9.94. The third-order valence-corrected chi connectivity index (χ3v) is 5.79. The minimum Gasteiger partial charge on any atom is -0.726 e. The standard InChI is InChI=1S/C24H32NO4.CH4O4S/c1-8-29-20-15-17(13-14-25(2,3)4)21-18(23(20)27-6)11-9-16-10-12-19(26-5)24(28-7)22(16)21;1-5-6(2,3)4/h9-12,15H,8,13-14H2,1-7H3;1H3,(H,2,3,4)/q+1;/p-1. The second-order valence-corrected chi connectivity index (χ2v) is 9.88. The molecule has 0 heterocycles. The fourth-order valence-electron chi connectivity index (χ4n) is 3.81. The molecule has 0 saturated carbocycles. The van der Waals surface area contributed by atoms with Gasteiger partial charge in [0.15, 0.2) is 23.0 Å². The number of fused-ring (bicyclic) bond motifs is 3. The SMILES string of the molecule is CCOc1cc(CC[N+](C)(C)C)c2c(ccc3ccc(OC)c(OC)c32)c1OC.COS(=O)(=O)[O-]. The van der Waals surface area contributed by atoms with Crippen LogP contribution in [0.4, 0.5) is 0 Å². The monoisotopic (exact) mass is 509 g/mol. The molecule has 0 saturated heterocycles. The van der Waals surface area contributed by atoms with Crippen LogP contribution < -0.4 is 18.9 Å². The molecule has 3 aromatic carbocycles. The van der Waals surface area contributed by atoms with Crippen LogP contribution in [0.5, 0.6) is 23.0 Å². The van der Waals surface area contributed by atoms with Crippen LogP contribution in [0.15, 0.2) is 30.3 Å². The van der Waals surface area contributed by atoms with Crippen LogP contribution in [-0.2, 0) is 21.0 Å². The normalized spacial score (nSPS) is 11.7. The Balaban J connectivity index is 0.000000641. The highest BCUT2D eigenvalue weighted by Crippen LogP contribution is 2.46. The Kier molecular flexibility index (Phi) is 9.56. The average Bonchev–Trinajstić information content (AvgIpc) is 2.80. The quantitative estimate of drug-likeness (QED) is 0.186. The van der Waals surface area contributed by atoms with Crippen LogP contribution in [0, 0.1) is 0 Å². The molecule has 3 rings (SSSR count). The molecule has 0 aliphatic rings. The third-order valence-electron chi connectivity index (χ3n) is 5.38. The first-order chi connectivity index (χ1) is 16.4. The van der Waals surface area contributed by atoms with Gasteiger partial charge in [0.25, 0.3) is 0 Å². The van der Waals surface area contributed by atoms with Crippen LogP contribution in [0.1, 0.15) is 12.5 Å². The molecular formula is C25H35NO8S. The van der Waals surface area contributed by atoms with E-state index >= 15 is 0 Å². The van der Waals surface area contributed by atoms with E-state index in [-0.39, 0.29) is 0 Å². The maximum atomic E-state index is 9.22. The molecule has 0 radical (unpaired) electrons. The van der Waals surface area contributed by atoms with Gasteiger partial charge in [-0.1, -0.05) is 12.1 Å². The highest BCUT2D eigenvalue weighted by molar-refractivity contribution is 7.80. The fraction of sp³-hybridized carbons (Fsp3) is 0.440. The Morgan fingerprint density at radius 2 is 1.46 bits per heavy atom. The Morgan fingerprint density at radius 3 is 1.94 bits per heavy atom. The highest BCUT2D eigenvalue weighted by atomic mass is 32.3. The Labute approximate surface area is 207 Å². The van der Waals surface area contributed by atoms with E-state index in [1.807, 2.05) is 13.0 Å². The van der Waals surface area contributed by atoms with Crippen molar-refractivity contribution in [3.8, 4) is 23.0 Å². The van der Waals surface area contributed by atoms with Gasteiger partial charge in [-0.15, -0.1) is 0 Å². The van der Waals surface area contributed by atoms with Crippen molar-refractivity contribution in [1.29, 1.82) is 0 Å². The maximum Gasteiger partial charge on any atom is 0.217 e. The summed E-state index contributed by atoms with van der Waals surface area (Å²) in [5.74, 6) is 2.99. The van der Waals surface area contributed by atoms with Gasteiger partial charge in [0.1, 0.15) is 0 Å². The summed E-state index contributed by atoms with van der Waals surface area (Å²) in [7, 11) is 8.06. The summed E-state index contributed by atoms with van der Waals surface area (Å²) in [6.07, 6.45) is 0.906. The Morgan fingerprint density at radius 1 is 0.857 bits per heavy atom. The molecule has 0 bridgehead atoms. The molecule has 9 nitrogen and oxygen atoms in total. The summed E-state index contributed by atoms with van der Waals surface area (Å²) in [6, 6.07) is 10.4. The van der Waals surface area contributed by atoms with E-state index in [1.54, 1.807) is 21.3 Å². The molecule has 0 N–H and O–H groups in total. The van der Waals surface area contributed by atoms with Crippen molar-refractivity contribution in [2.45, 2.75) is 13.3 Å². The zero-order chi connectivity index (χ0) is 26.4. The van der Waals surface area contributed by atoms with Gasteiger partial charge in [-0.25, -0.2) is 8.42 Å². The third kappa shape index (κ3) is 7.11. The summed E-state index contributed by atoms with van der Waals surface area (Å²) in [5.41, 5.74) is 1.22. The van der Waals surface area contributed by atoms with Gasteiger partial charge < -0.3 is 28.0 Å². The molecule has 0 unspecified atom stereocenters. The molecule has 0 aromatic heterocycles. The van der Waals surface area contributed by atoms with Gasteiger partial charge in [0.05, 0.1) is 62.7 Å². The van der Waals surface area contributed by atoms with Crippen LogP contribution in [0.3, 0.4) is 0 Å². The number of quaternary nitrogens is 1. The van der Waals surface area contributed by atoms with Crippen molar-refractivity contribution >= 4 is 31.9 Å². The lowest BCUT2D eigenvalue weighted by Crippen LogP contribution is -2.36. The van der Waals surface area contributed by atoms with Crippen LogP contribution in [0.2, 0.25) is 0 Å². The molecule has 0 spiro atoms. The van der Waals surface area contributed by atoms with Gasteiger partial charge in [-0.2, -0.15) is 0 Å². The van der Waals surface area contributed by atoms with Crippen molar-refractivity contribution in [1.82, 2.24) is 0 Å². The molecular weight excluding hydrogens is 474 g/mol. The molecule has 0 fully saturated rings. The van der Waals surface area contributed by atoms with Gasteiger partial charge in [0.2, 0.25) is 10.4 Å². The fourth-order valence-corrected chi connectivity index (χ4v) is 3.81. The number of hydrogen-bond acceptors (Lipinski definition) is 8.